The highest BCUT2D eigenvalue weighted by Gasteiger charge is 2.18. The number of nitrogens with zero attached hydrogens (tertiary/aromatic N) is 3. The van der Waals surface area contributed by atoms with Crippen molar-refractivity contribution in [1.82, 2.24) is 9.97 Å². The molecule has 0 saturated heterocycles. The number of anilines is 2. The molecule has 0 radical (unpaired) electrons. The highest BCUT2D eigenvalue weighted by Crippen LogP contribution is 2.18. The van der Waals surface area contributed by atoms with Crippen molar-refractivity contribution in [2.24, 2.45) is 0 Å². The minimum absolute atomic E-state index is 0.136. The largest absolute Gasteiger partial charge is 0.366 e. The SMILES string of the molecule is CCN(C(=O)c1cc(NCc2ccccc2)ncn1)c1cccc(C)c1. The molecule has 0 atom stereocenters. The first-order valence-electron chi connectivity index (χ1n) is 8.65. The first-order chi connectivity index (χ1) is 12.7. The number of nitrogens with one attached hydrogen (secondary N) is 1. The predicted molar refractivity (Wildman–Crippen MR) is 104 cm³/mol. The Morgan fingerprint density at radius 3 is 2.58 bits per heavy atom. The standard InChI is InChI=1S/C21H22N4O/c1-3-25(18-11-7-8-16(2)12-18)21(26)19-13-20(24-15-23-19)22-14-17-9-5-4-6-10-17/h4-13,15H,3,14H2,1-2H3,(H,22,23,24). The maximum atomic E-state index is 12.9. The van der Waals surface area contributed by atoms with Gasteiger partial charge in [0.1, 0.15) is 17.8 Å². The Balaban J connectivity index is 1.76. The third kappa shape index (κ3) is 4.25. The van der Waals surface area contributed by atoms with Crippen molar-refractivity contribution >= 4 is 17.4 Å². The van der Waals surface area contributed by atoms with Crippen LogP contribution in [0.1, 0.15) is 28.5 Å². The monoisotopic (exact) mass is 346 g/mol. The Morgan fingerprint density at radius 2 is 1.85 bits per heavy atom. The number of amides is 1. The first kappa shape index (κ1) is 17.6. The number of aryl methyl sites for hydroxylation is 1. The Kier molecular flexibility index (Phi) is 5.59. The smallest absolute Gasteiger partial charge is 0.277 e. The van der Waals surface area contributed by atoms with Gasteiger partial charge in [0, 0.05) is 24.8 Å². The summed E-state index contributed by atoms with van der Waals surface area (Å²) in [6, 6.07) is 19.6. The second-order valence-electron chi connectivity index (χ2n) is 6.02. The van der Waals surface area contributed by atoms with Gasteiger partial charge in [-0.3, -0.25) is 4.79 Å². The van der Waals surface area contributed by atoms with E-state index in [-0.39, 0.29) is 5.91 Å². The number of aromatic nitrogens is 2. The molecule has 0 unspecified atom stereocenters. The molecule has 3 rings (SSSR count). The Morgan fingerprint density at radius 1 is 1.04 bits per heavy atom. The van der Waals surface area contributed by atoms with E-state index in [9.17, 15) is 4.79 Å². The normalized spacial score (nSPS) is 10.4. The molecule has 2 aromatic carbocycles. The van der Waals surface area contributed by atoms with Crippen molar-refractivity contribution in [1.29, 1.82) is 0 Å². The van der Waals surface area contributed by atoms with Crippen LogP contribution >= 0.6 is 0 Å². The second kappa shape index (κ2) is 8.25. The molecule has 5 nitrogen and oxygen atoms in total. The third-order valence-electron chi connectivity index (χ3n) is 4.08. The zero-order valence-electron chi connectivity index (χ0n) is 15.0. The zero-order valence-corrected chi connectivity index (χ0v) is 15.0. The molecule has 1 amide bonds. The van der Waals surface area contributed by atoms with Gasteiger partial charge in [-0.05, 0) is 37.1 Å². The van der Waals surface area contributed by atoms with E-state index in [0.29, 0.717) is 24.6 Å². The highest BCUT2D eigenvalue weighted by atomic mass is 16.2. The van der Waals surface area contributed by atoms with Crippen LogP contribution in [0, 0.1) is 6.92 Å². The number of benzene rings is 2. The molecule has 0 saturated carbocycles. The summed E-state index contributed by atoms with van der Waals surface area (Å²) in [7, 11) is 0. The van der Waals surface area contributed by atoms with Crippen LogP contribution in [0.15, 0.2) is 67.0 Å². The molecule has 0 bridgehead atoms. The molecule has 1 N–H and O–H groups in total. The average Bonchev–Trinajstić information content (AvgIpc) is 2.68. The lowest BCUT2D eigenvalue weighted by atomic mass is 10.2. The van der Waals surface area contributed by atoms with E-state index in [1.807, 2.05) is 68.4 Å². The van der Waals surface area contributed by atoms with E-state index in [1.165, 1.54) is 6.33 Å². The Hall–Kier alpha value is -3.21. The van der Waals surface area contributed by atoms with Crippen molar-refractivity contribution in [3.8, 4) is 0 Å². The summed E-state index contributed by atoms with van der Waals surface area (Å²) < 4.78 is 0. The summed E-state index contributed by atoms with van der Waals surface area (Å²) in [6.45, 7) is 5.17. The maximum absolute atomic E-state index is 12.9. The van der Waals surface area contributed by atoms with Crippen LogP contribution in [-0.4, -0.2) is 22.4 Å². The molecule has 3 aromatic rings. The van der Waals surface area contributed by atoms with Crippen molar-refractivity contribution in [2.45, 2.75) is 20.4 Å². The fourth-order valence-electron chi connectivity index (χ4n) is 2.74. The number of hydrogen-bond donors (Lipinski definition) is 1. The van der Waals surface area contributed by atoms with Crippen molar-refractivity contribution in [3.63, 3.8) is 0 Å². The molecule has 0 fully saturated rings. The minimum Gasteiger partial charge on any atom is -0.366 e. The van der Waals surface area contributed by atoms with Gasteiger partial charge in [-0.2, -0.15) is 0 Å². The molecular formula is C21H22N4O. The maximum Gasteiger partial charge on any atom is 0.277 e. The van der Waals surface area contributed by atoms with Gasteiger partial charge in [-0.15, -0.1) is 0 Å². The molecule has 1 aromatic heterocycles. The molecular weight excluding hydrogens is 324 g/mol. The van der Waals surface area contributed by atoms with Crippen molar-refractivity contribution in [2.75, 3.05) is 16.8 Å². The Labute approximate surface area is 153 Å². The molecule has 0 aliphatic carbocycles. The number of hydrogen-bond acceptors (Lipinski definition) is 4. The summed E-state index contributed by atoms with van der Waals surface area (Å²) >= 11 is 0. The van der Waals surface area contributed by atoms with E-state index < -0.39 is 0 Å². The highest BCUT2D eigenvalue weighted by molar-refractivity contribution is 6.05. The van der Waals surface area contributed by atoms with Gasteiger partial charge in [0.25, 0.3) is 5.91 Å². The van der Waals surface area contributed by atoms with E-state index in [0.717, 1.165) is 16.8 Å². The molecule has 26 heavy (non-hydrogen) atoms. The Bertz CT molecular complexity index is 880. The number of rotatable bonds is 6. The van der Waals surface area contributed by atoms with E-state index >= 15 is 0 Å². The first-order valence-corrected chi connectivity index (χ1v) is 8.65. The van der Waals surface area contributed by atoms with Gasteiger partial charge in [-0.25, -0.2) is 9.97 Å². The van der Waals surface area contributed by atoms with Crippen LogP contribution in [0.4, 0.5) is 11.5 Å². The summed E-state index contributed by atoms with van der Waals surface area (Å²) in [4.78, 5) is 23.0. The van der Waals surface area contributed by atoms with Gasteiger partial charge < -0.3 is 10.2 Å². The van der Waals surface area contributed by atoms with Crippen LogP contribution in [0.3, 0.4) is 0 Å². The van der Waals surface area contributed by atoms with Gasteiger partial charge in [0.15, 0.2) is 0 Å². The van der Waals surface area contributed by atoms with Gasteiger partial charge >= 0.3 is 0 Å². The number of carbonyl (C=O) groups is 1. The molecule has 5 heteroatoms. The van der Waals surface area contributed by atoms with Crippen LogP contribution in [0.2, 0.25) is 0 Å². The third-order valence-corrected chi connectivity index (χ3v) is 4.08. The van der Waals surface area contributed by atoms with Crippen molar-refractivity contribution < 1.29 is 4.79 Å². The summed E-state index contributed by atoms with van der Waals surface area (Å²) in [5.41, 5.74) is 3.50. The van der Waals surface area contributed by atoms with E-state index in [4.69, 9.17) is 0 Å². The summed E-state index contributed by atoms with van der Waals surface area (Å²) in [5, 5.41) is 3.24. The topological polar surface area (TPSA) is 58.1 Å². The van der Waals surface area contributed by atoms with E-state index in [2.05, 4.69) is 15.3 Å². The molecule has 0 aliphatic heterocycles. The summed E-state index contributed by atoms with van der Waals surface area (Å²) in [5.74, 6) is 0.496. The van der Waals surface area contributed by atoms with Crippen LogP contribution < -0.4 is 10.2 Å². The lowest BCUT2D eigenvalue weighted by Gasteiger charge is -2.21. The lowest BCUT2D eigenvalue weighted by molar-refractivity contribution is 0.0983. The minimum atomic E-state index is -0.136. The quantitative estimate of drug-likeness (QED) is 0.731. The molecule has 0 spiro atoms. The average molecular weight is 346 g/mol. The summed E-state index contributed by atoms with van der Waals surface area (Å²) in [6.07, 6.45) is 1.42. The zero-order chi connectivity index (χ0) is 18.4. The van der Waals surface area contributed by atoms with Crippen LogP contribution in [-0.2, 0) is 6.54 Å². The van der Waals surface area contributed by atoms with Gasteiger partial charge in [-0.1, -0.05) is 42.5 Å². The lowest BCUT2D eigenvalue weighted by Crippen LogP contribution is -2.31. The van der Waals surface area contributed by atoms with E-state index in [1.54, 1.807) is 11.0 Å². The van der Waals surface area contributed by atoms with Crippen LogP contribution in [0.25, 0.3) is 0 Å². The predicted octanol–water partition coefficient (Wildman–Crippen LogP) is 4.06. The second-order valence-corrected chi connectivity index (χ2v) is 6.02. The van der Waals surface area contributed by atoms with Crippen LogP contribution in [0.5, 0.6) is 0 Å². The fourth-order valence-corrected chi connectivity index (χ4v) is 2.74. The van der Waals surface area contributed by atoms with Gasteiger partial charge in [0.05, 0.1) is 0 Å². The number of carbonyl (C=O) groups excluding carboxylic acids is 1. The van der Waals surface area contributed by atoms with Gasteiger partial charge in [0.2, 0.25) is 0 Å². The fraction of sp³-hybridized carbons (Fsp3) is 0.190. The van der Waals surface area contributed by atoms with Crippen molar-refractivity contribution in [3.05, 3.63) is 83.8 Å². The molecule has 132 valence electrons. The molecule has 0 aliphatic rings. The molecule has 1 heterocycles.